The van der Waals surface area contributed by atoms with Crippen LogP contribution >= 0.6 is 0 Å². The predicted octanol–water partition coefficient (Wildman–Crippen LogP) is 0.905. The van der Waals surface area contributed by atoms with Crippen molar-refractivity contribution in [1.29, 1.82) is 0 Å². The largest absolute Gasteiger partial charge is 0.444 e. The van der Waals surface area contributed by atoms with E-state index in [9.17, 15) is 9.90 Å². The Morgan fingerprint density at radius 3 is 2.71 bits per heavy atom. The van der Waals surface area contributed by atoms with Gasteiger partial charge in [0.05, 0.1) is 18.8 Å². The molecule has 0 saturated carbocycles. The van der Waals surface area contributed by atoms with E-state index in [1.165, 1.54) is 4.90 Å². The van der Waals surface area contributed by atoms with Crippen molar-refractivity contribution in [2.24, 2.45) is 0 Å². The molecule has 2 atom stereocenters. The fraction of sp³-hybridized carbons (Fsp3) is 0.750. The van der Waals surface area contributed by atoms with E-state index in [0.717, 1.165) is 0 Å². The average Bonchev–Trinajstić information content (AvgIpc) is 2.25. The molecular weight excluding hydrogens is 222 g/mol. The smallest absolute Gasteiger partial charge is 0.410 e. The van der Waals surface area contributed by atoms with Gasteiger partial charge in [0, 0.05) is 6.54 Å². The van der Waals surface area contributed by atoms with Crippen LogP contribution in [0.5, 0.6) is 0 Å². The van der Waals surface area contributed by atoms with Crippen molar-refractivity contribution in [2.75, 3.05) is 13.2 Å². The zero-order chi connectivity index (χ0) is 13.1. The first-order valence-electron chi connectivity index (χ1n) is 5.78. The first-order valence-corrected chi connectivity index (χ1v) is 5.78. The second kappa shape index (κ2) is 5.51. The van der Waals surface area contributed by atoms with Crippen LogP contribution in [0, 0.1) is 0 Å². The summed E-state index contributed by atoms with van der Waals surface area (Å²) in [6, 6.07) is -0.417. The second-order valence-electron chi connectivity index (χ2n) is 5.16. The standard InChI is InChI=1S/C12H21NO4/c1-12(2,3)17-11(16)13-7-5-4-6-9(13)10(15)8-14/h4-5,9-10,14-15H,6-8H2,1-3H3/t9-,10-/m1/s1. The fourth-order valence-corrected chi connectivity index (χ4v) is 1.70. The SMILES string of the molecule is CC(C)(C)OC(=O)N1CC=CC[C@@H]1[C@H](O)CO. The lowest BCUT2D eigenvalue weighted by Crippen LogP contribution is -2.51. The Hall–Kier alpha value is -1.07. The lowest BCUT2D eigenvalue weighted by atomic mass is 10.0. The molecule has 2 N–H and O–H groups in total. The third-order valence-electron chi connectivity index (χ3n) is 2.51. The molecule has 0 radical (unpaired) electrons. The number of carbonyl (C=O) groups excluding carboxylic acids is 1. The molecule has 1 rings (SSSR count). The number of amides is 1. The number of aliphatic hydroxyl groups is 2. The van der Waals surface area contributed by atoms with Gasteiger partial charge in [-0.25, -0.2) is 4.79 Å². The summed E-state index contributed by atoms with van der Waals surface area (Å²) in [5.41, 5.74) is -0.563. The summed E-state index contributed by atoms with van der Waals surface area (Å²) in [5.74, 6) is 0. The highest BCUT2D eigenvalue weighted by atomic mass is 16.6. The summed E-state index contributed by atoms with van der Waals surface area (Å²) in [6.07, 6.45) is 2.88. The van der Waals surface area contributed by atoms with Crippen molar-refractivity contribution in [1.82, 2.24) is 4.90 Å². The van der Waals surface area contributed by atoms with E-state index in [1.807, 2.05) is 12.2 Å². The minimum absolute atomic E-state index is 0.363. The van der Waals surface area contributed by atoms with Gasteiger partial charge in [-0.1, -0.05) is 12.2 Å². The summed E-state index contributed by atoms with van der Waals surface area (Å²) >= 11 is 0. The number of hydrogen-bond donors (Lipinski definition) is 2. The minimum atomic E-state index is -0.938. The van der Waals surface area contributed by atoms with E-state index in [-0.39, 0.29) is 6.61 Å². The van der Waals surface area contributed by atoms with E-state index >= 15 is 0 Å². The van der Waals surface area contributed by atoms with E-state index in [0.29, 0.717) is 13.0 Å². The number of carbonyl (C=O) groups is 1. The molecule has 0 aromatic carbocycles. The molecule has 0 spiro atoms. The van der Waals surface area contributed by atoms with Crippen LogP contribution in [0.1, 0.15) is 27.2 Å². The van der Waals surface area contributed by atoms with Crippen molar-refractivity contribution in [3.63, 3.8) is 0 Å². The van der Waals surface area contributed by atoms with Gasteiger partial charge in [-0.15, -0.1) is 0 Å². The quantitative estimate of drug-likeness (QED) is 0.707. The number of aliphatic hydroxyl groups excluding tert-OH is 2. The normalized spacial score (nSPS) is 22.4. The third kappa shape index (κ3) is 4.02. The van der Waals surface area contributed by atoms with Crippen LogP contribution in [-0.2, 0) is 4.74 Å². The zero-order valence-electron chi connectivity index (χ0n) is 10.6. The first-order chi connectivity index (χ1) is 7.85. The highest BCUT2D eigenvalue weighted by molar-refractivity contribution is 5.69. The van der Waals surface area contributed by atoms with Gasteiger partial charge in [0.1, 0.15) is 5.60 Å². The molecule has 17 heavy (non-hydrogen) atoms. The Bertz CT molecular complexity index is 295. The Kier molecular flexibility index (Phi) is 4.54. The van der Waals surface area contributed by atoms with Gasteiger partial charge in [0.25, 0.3) is 0 Å². The highest BCUT2D eigenvalue weighted by Gasteiger charge is 2.32. The van der Waals surface area contributed by atoms with Crippen molar-refractivity contribution in [3.8, 4) is 0 Å². The molecule has 0 aromatic heterocycles. The molecule has 98 valence electrons. The zero-order valence-corrected chi connectivity index (χ0v) is 10.6. The number of ether oxygens (including phenoxy) is 1. The maximum Gasteiger partial charge on any atom is 0.410 e. The van der Waals surface area contributed by atoms with Gasteiger partial charge in [-0.05, 0) is 27.2 Å². The van der Waals surface area contributed by atoms with Crippen LogP contribution in [0.3, 0.4) is 0 Å². The topological polar surface area (TPSA) is 70.0 Å². The molecule has 0 unspecified atom stereocenters. The third-order valence-corrected chi connectivity index (χ3v) is 2.51. The van der Waals surface area contributed by atoms with Gasteiger partial charge in [0.15, 0.2) is 0 Å². The van der Waals surface area contributed by atoms with Gasteiger partial charge >= 0.3 is 6.09 Å². The monoisotopic (exact) mass is 243 g/mol. The Morgan fingerprint density at radius 2 is 2.18 bits per heavy atom. The molecule has 1 heterocycles. The van der Waals surface area contributed by atoms with Crippen molar-refractivity contribution < 1.29 is 19.7 Å². The van der Waals surface area contributed by atoms with Crippen LogP contribution in [0.2, 0.25) is 0 Å². The Balaban J connectivity index is 2.72. The molecule has 0 fully saturated rings. The maximum absolute atomic E-state index is 11.9. The molecular formula is C12H21NO4. The van der Waals surface area contributed by atoms with Crippen molar-refractivity contribution in [3.05, 3.63) is 12.2 Å². The molecule has 1 aliphatic heterocycles. The van der Waals surface area contributed by atoms with Crippen LogP contribution in [0.4, 0.5) is 4.79 Å². The molecule has 0 bridgehead atoms. The minimum Gasteiger partial charge on any atom is -0.444 e. The molecule has 5 nitrogen and oxygen atoms in total. The van der Waals surface area contributed by atoms with Crippen LogP contribution in [-0.4, -0.2) is 52.1 Å². The lowest BCUT2D eigenvalue weighted by molar-refractivity contribution is -0.0162. The number of nitrogens with zero attached hydrogens (tertiary/aromatic N) is 1. The molecule has 5 heteroatoms. The highest BCUT2D eigenvalue weighted by Crippen LogP contribution is 2.19. The lowest BCUT2D eigenvalue weighted by Gasteiger charge is -2.36. The molecule has 0 saturated heterocycles. The molecule has 0 aliphatic carbocycles. The van der Waals surface area contributed by atoms with Crippen LogP contribution in [0.15, 0.2) is 12.2 Å². The fourth-order valence-electron chi connectivity index (χ4n) is 1.70. The van der Waals surface area contributed by atoms with E-state index in [2.05, 4.69) is 0 Å². The summed E-state index contributed by atoms with van der Waals surface area (Å²) in [6.45, 7) is 5.42. The molecule has 0 aromatic rings. The van der Waals surface area contributed by atoms with Gasteiger partial charge in [-0.2, -0.15) is 0 Å². The number of rotatable bonds is 2. The van der Waals surface area contributed by atoms with Crippen LogP contribution in [0.25, 0.3) is 0 Å². The summed E-state index contributed by atoms with van der Waals surface area (Å²) < 4.78 is 5.26. The van der Waals surface area contributed by atoms with Gasteiger partial charge < -0.3 is 14.9 Å². The molecule has 1 aliphatic rings. The van der Waals surface area contributed by atoms with Crippen LogP contribution < -0.4 is 0 Å². The first kappa shape index (κ1) is 14.0. The Labute approximate surface area is 102 Å². The van der Waals surface area contributed by atoms with Gasteiger partial charge in [-0.3, -0.25) is 4.90 Å². The summed E-state index contributed by atoms with van der Waals surface area (Å²) in [4.78, 5) is 13.4. The Morgan fingerprint density at radius 1 is 1.53 bits per heavy atom. The van der Waals surface area contributed by atoms with Crippen molar-refractivity contribution in [2.45, 2.75) is 44.9 Å². The van der Waals surface area contributed by atoms with E-state index in [4.69, 9.17) is 9.84 Å². The van der Waals surface area contributed by atoms with E-state index < -0.39 is 23.8 Å². The summed E-state index contributed by atoms with van der Waals surface area (Å²) in [5, 5.41) is 18.6. The maximum atomic E-state index is 11.9. The second-order valence-corrected chi connectivity index (χ2v) is 5.16. The van der Waals surface area contributed by atoms with Crippen molar-refractivity contribution >= 4 is 6.09 Å². The van der Waals surface area contributed by atoms with E-state index in [1.54, 1.807) is 20.8 Å². The summed E-state index contributed by atoms with van der Waals surface area (Å²) in [7, 11) is 0. The number of hydrogen-bond acceptors (Lipinski definition) is 4. The molecule has 1 amide bonds. The van der Waals surface area contributed by atoms with Gasteiger partial charge in [0.2, 0.25) is 0 Å². The predicted molar refractivity (Wildman–Crippen MR) is 63.6 cm³/mol. The average molecular weight is 243 g/mol.